The number of aromatic nitrogens is 2. The lowest BCUT2D eigenvalue weighted by Gasteiger charge is -2.60. The Balaban J connectivity index is 1.33. The maximum atomic E-state index is 13.4. The molecule has 2 unspecified atom stereocenters. The van der Waals surface area contributed by atoms with Crippen molar-refractivity contribution in [2.75, 3.05) is 0 Å². The Morgan fingerprint density at radius 2 is 2.00 bits per heavy atom. The van der Waals surface area contributed by atoms with Crippen LogP contribution in [0.1, 0.15) is 83.6 Å². The molecule has 8 atom stereocenters. The molecule has 0 amide bonds. The Morgan fingerprint density at radius 1 is 1.17 bits per heavy atom. The van der Waals surface area contributed by atoms with Crippen molar-refractivity contribution in [3.05, 3.63) is 18.0 Å². The van der Waals surface area contributed by atoms with Crippen molar-refractivity contribution in [1.82, 2.24) is 9.78 Å². The molecule has 0 N–H and O–H groups in total. The molecule has 4 nitrogen and oxygen atoms in total. The molecule has 0 saturated heterocycles. The lowest BCUT2D eigenvalue weighted by Crippen LogP contribution is -2.54. The first kappa shape index (κ1) is 20.3. The molecule has 4 heteroatoms. The summed E-state index contributed by atoms with van der Waals surface area (Å²) in [6, 6.07) is 2.11. The zero-order valence-electron chi connectivity index (χ0n) is 18.7. The number of fused-ring (bicyclic) bond motifs is 5. The quantitative estimate of drug-likeness (QED) is 0.653. The van der Waals surface area contributed by atoms with Gasteiger partial charge >= 0.3 is 0 Å². The van der Waals surface area contributed by atoms with Crippen LogP contribution in [-0.4, -0.2) is 15.6 Å². The average Bonchev–Trinajstić information content (AvgIpc) is 3.19. The molecular weight excluding hydrogens is 370 g/mol. The predicted molar refractivity (Wildman–Crippen MR) is 116 cm³/mol. The van der Waals surface area contributed by atoms with Gasteiger partial charge in [-0.25, -0.2) is 0 Å². The summed E-state index contributed by atoms with van der Waals surface area (Å²) >= 11 is 0. The Morgan fingerprint density at radius 3 is 2.80 bits per heavy atom. The fraction of sp³-hybridized carbons (Fsp3) is 0.808. The normalized spacial score (nSPS) is 43.0. The summed E-state index contributed by atoms with van der Waals surface area (Å²) in [7, 11) is 0. The summed E-state index contributed by atoms with van der Waals surface area (Å²) in [5.74, 6) is 5.88. The summed E-state index contributed by atoms with van der Waals surface area (Å²) in [5, 5.41) is 13.3. The van der Waals surface area contributed by atoms with Gasteiger partial charge in [0.25, 0.3) is 0 Å². The topological polar surface area (TPSA) is 58.7 Å². The Bertz CT molecular complexity index is 838. The summed E-state index contributed by atoms with van der Waals surface area (Å²) < 4.78 is 1.67. The molecule has 162 valence electrons. The minimum absolute atomic E-state index is 0.163. The highest BCUT2D eigenvalue weighted by atomic mass is 16.1. The minimum Gasteiger partial charge on any atom is -0.297 e. The molecule has 30 heavy (non-hydrogen) atoms. The summed E-state index contributed by atoms with van der Waals surface area (Å²) in [5.41, 5.74) is 0.700. The monoisotopic (exact) mass is 407 g/mol. The van der Waals surface area contributed by atoms with Crippen molar-refractivity contribution in [3.8, 4) is 6.07 Å². The summed E-state index contributed by atoms with van der Waals surface area (Å²) in [4.78, 5) is 13.4. The van der Waals surface area contributed by atoms with Gasteiger partial charge in [0.2, 0.25) is 0 Å². The van der Waals surface area contributed by atoms with Gasteiger partial charge in [0.1, 0.15) is 6.07 Å². The molecule has 4 aliphatic rings. The van der Waals surface area contributed by atoms with Crippen molar-refractivity contribution in [1.29, 1.82) is 5.26 Å². The van der Waals surface area contributed by atoms with E-state index < -0.39 is 0 Å². The molecule has 5 rings (SSSR count). The van der Waals surface area contributed by atoms with E-state index in [1.165, 1.54) is 57.8 Å². The molecule has 1 aromatic heterocycles. The van der Waals surface area contributed by atoms with E-state index in [-0.39, 0.29) is 11.3 Å². The largest absolute Gasteiger partial charge is 0.297 e. The van der Waals surface area contributed by atoms with Gasteiger partial charge in [0.15, 0.2) is 5.78 Å². The third kappa shape index (κ3) is 3.33. The maximum absolute atomic E-state index is 13.4. The van der Waals surface area contributed by atoms with E-state index in [9.17, 15) is 4.79 Å². The van der Waals surface area contributed by atoms with Gasteiger partial charge in [-0.05, 0) is 92.3 Å². The van der Waals surface area contributed by atoms with Crippen LogP contribution in [-0.2, 0) is 11.3 Å². The van der Waals surface area contributed by atoms with Gasteiger partial charge in [-0.15, -0.1) is 0 Å². The van der Waals surface area contributed by atoms with E-state index in [4.69, 9.17) is 5.26 Å². The van der Waals surface area contributed by atoms with Crippen LogP contribution in [0.25, 0.3) is 0 Å². The van der Waals surface area contributed by atoms with Gasteiger partial charge < -0.3 is 0 Å². The molecule has 4 saturated carbocycles. The highest BCUT2D eigenvalue weighted by Gasteiger charge is 2.56. The molecule has 0 radical (unpaired) electrons. The first-order valence-electron chi connectivity index (χ1n) is 12.4. The van der Waals surface area contributed by atoms with Crippen LogP contribution in [0.2, 0.25) is 0 Å². The van der Waals surface area contributed by atoms with Gasteiger partial charge in [-0.3, -0.25) is 9.48 Å². The molecule has 0 aliphatic heterocycles. The predicted octanol–water partition coefficient (Wildman–Crippen LogP) is 5.62. The van der Waals surface area contributed by atoms with Crippen molar-refractivity contribution in [3.63, 3.8) is 0 Å². The summed E-state index contributed by atoms with van der Waals surface area (Å²) in [6.07, 6.45) is 16.6. The number of nitrogens with zero attached hydrogens (tertiary/aromatic N) is 3. The van der Waals surface area contributed by atoms with Crippen LogP contribution >= 0.6 is 0 Å². The Hall–Kier alpha value is -1.63. The van der Waals surface area contributed by atoms with E-state index in [0.717, 1.165) is 41.9 Å². The molecule has 4 aliphatic carbocycles. The molecule has 0 aromatic carbocycles. The summed E-state index contributed by atoms with van der Waals surface area (Å²) in [6.45, 7) is 5.23. The number of hydrogen-bond donors (Lipinski definition) is 0. The average molecular weight is 408 g/mol. The zero-order valence-corrected chi connectivity index (χ0v) is 18.7. The van der Waals surface area contributed by atoms with Crippen molar-refractivity contribution in [2.24, 2.45) is 46.8 Å². The number of carbonyl (C=O) groups excluding carboxylic acids is 1. The van der Waals surface area contributed by atoms with E-state index in [2.05, 4.69) is 25.0 Å². The second-order valence-corrected chi connectivity index (χ2v) is 11.4. The second-order valence-electron chi connectivity index (χ2n) is 11.4. The maximum Gasteiger partial charge on any atom is 0.157 e. The van der Waals surface area contributed by atoms with Crippen LogP contribution in [0.15, 0.2) is 12.4 Å². The van der Waals surface area contributed by atoms with Crippen LogP contribution in [0.4, 0.5) is 0 Å². The number of hydrogen-bond acceptors (Lipinski definition) is 3. The van der Waals surface area contributed by atoms with Crippen molar-refractivity contribution < 1.29 is 4.79 Å². The van der Waals surface area contributed by atoms with Gasteiger partial charge in [-0.1, -0.05) is 26.7 Å². The van der Waals surface area contributed by atoms with E-state index in [1.807, 2.05) is 0 Å². The SMILES string of the molecule is C[C@H]1CC[C@@H]2C3CC[C@@]4(C)C(CCC[C@@H]4C(=O)Cn4cc(C#N)cn4)[C@@H]3CC[C@@H]2C1. The van der Waals surface area contributed by atoms with E-state index in [0.29, 0.717) is 17.9 Å². The molecule has 4 fully saturated rings. The number of rotatable bonds is 3. The standard InChI is InChI=1S/C26H37N3O/c1-17-6-8-20-19(12-17)7-9-22-21(20)10-11-26(2)23(22)4-3-5-24(26)25(30)16-29-15-18(13-27)14-28-29/h14-15,17,19-24H,3-12,16H2,1-2H3/t17-,19+,20-,21?,22+,23?,24+,26-/m0/s1. The van der Waals surface area contributed by atoms with E-state index >= 15 is 0 Å². The second kappa shape index (κ2) is 7.81. The number of nitriles is 1. The number of Topliss-reactive ketones (excluding diaryl/α,β-unsaturated/α-hetero) is 1. The Kier molecular flexibility index (Phi) is 5.28. The molecule has 1 aromatic rings. The fourth-order valence-electron chi connectivity index (χ4n) is 8.59. The van der Waals surface area contributed by atoms with Gasteiger partial charge in [0, 0.05) is 12.1 Å². The van der Waals surface area contributed by atoms with Crippen LogP contribution in [0, 0.1) is 58.2 Å². The van der Waals surface area contributed by atoms with E-state index in [1.54, 1.807) is 17.1 Å². The number of ketones is 1. The Labute approximate surface area is 181 Å². The lowest BCUT2D eigenvalue weighted by atomic mass is 9.44. The first-order valence-corrected chi connectivity index (χ1v) is 12.4. The molecule has 1 heterocycles. The fourth-order valence-corrected chi connectivity index (χ4v) is 8.59. The van der Waals surface area contributed by atoms with Crippen molar-refractivity contribution in [2.45, 2.75) is 84.6 Å². The molecule has 0 spiro atoms. The zero-order chi connectivity index (χ0) is 20.9. The van der Waals surface area contributed by atoms with Gasteiger partial charge in [-0.2, -0.15) is 10.4 Å². The molecular formula is C26H37N3O. The van der Waals surface area contributed by atoms with Crippen molar-refractivity contribution >= 4 is 5.78 Å². The minimum atomic E-state index is 0.163. The lowest BCUT2D eigenvalue weighted by molar-refractivity contribution is -0.144. The smallest absolute Gasteiger partial charge is 0.157 e. The first-order chi connectivity index (χ1) is 14.5. The van der Waals surface area contributed by atoms with Crippen LogP contribution in [0.5, 0.6) is 0 Å². The third-order valence-electron chi connectivity index (χ3n) is 9.93. The van der Waals surface area contributed by atoms with Gasteiger partial charge in [0.05, 0.1) is 18.3 Å². The highest BCUT2D eigenvalue weighted by molar-refractivity contribution is 5.81. The molecule has 0 bridgehead atoms. The third-order valence-corrected chi connectivity index (χ3v) is 9.93. The van der Waals surface area contributed by atoms with Crippen LogP contribution in [0.3, 0.4) is 0 Å². The van der Waals surface area contributed by atoms with Crippen LogP contribution < -0.4 is 0 Å². The number of carbonyl (C=O) groups is 1. The highest BCUT2D eigenvalue weighted by Crippen LogP contribution is 2.63.